The second-order valence-corrected chi connectivity index (χ2v) is 18.1. The number of fused-ring (bicyclic) bond motifs is 11. The SMILES string of the molecule is CC[C@@H]1C(c2cccc3oc4ccccc4c23)=NC(c2ccccc2)C(C)CCC1c1cc(-n2c3ccccc3c3cc4ccccc4cc32)c2oc3cc4ccccc4cc3c2c1. The maximum Gasteiger partial charge on any atom is 0.159 e. The van der Waals surface area contributed by atoms with Gasteiger partial charge in [0.2, 0.25) is 0 Å². The Labute approximate surface area is 371 Å². The van der Waals surface area contributed by atoms with E-state index < -0.39 is 0 Å². The monoisotopic (exact) mass is 826 g/mol. The number of aliphatic imine (C=N–C) groups is 1. The molecule has 0 saturated heterocycles. The highest BCUT2D eigenvalue weighted by molar-refractivity contribution is 6.20. The van der Waals surface area contributed by atoms with E-state index in [4.69, 9.17) is 13.8 Å². The van der Waals surface area contributed by atoms with Crippen LogP contribution >= 0.6 is 0 Å². The van der Waals surface area contributed by atoms with Gasteiger partial charge in [-0.3, -0.25) is 4.99 Å². The second kappa shape index (κ2) is 14.6. The average Bonchev–Trinajstić information content (AvgIpc) is 4.00. The van der Waals surface area contributed by atoms with E-state index in [2.05, 4.69) is 200 Å². The van der Waals surface area contributed by atoms with Crippen molar-refractivity contribution in [2.45, 2.75) is 45.1 Å². The lowest BCUT2D eigenvalue weighted by Gasteiger charge is -2.35. The minimum absolute atomic E-state index is 0.0242. The molecule has 0 saturated carbocycles. The van der Waals surface area contributed by atoms with Crippen LogP contribution < -0.4 is 0 Å². The number of hydrogen-bond donors (Lipinski definition) is 0. The van der Waals surface area contributed by atoms with Gasteiger partial charge >= 0.3 is 0 Å². The fourth-order valence-corrected chi connectivity index (χ4v) is 11.4. The van der Waals surface area contributed by atoms with E-state index in [0.29, 0.717) is 5.92 Å². The maximum atomic E-state index is 7.14. The Morgan fingerprint density at radius 1 is 0.516 bits per heavy atom. The summed E-state index contributed by atoms with van der Waals surface area (Å²) in [4.78, 5) is 5.99. The summed E-state index contributed by atoms with van der Waals surface area (Å²) in [5, 5.41) is 11.9. The van der Waals surface area contributed by atoms with Gasteiger partial charge in [-0.1, -0.05) is 141 Å². The van der Waals surface area contributed by atoms with Crippen LogP contribution in [-0.2, 0) is 0 Å². The topological polar surface area (TPSA) is 43.6 Å². The highest BCUT2D eigenvalue weighted by Crippen LogP contribution is 2.47. The lowest BCUT2D eigenvalue weighted by Crippen LogP contribution is -2.28. The molecule has 4 heteroatoms. The summed E-state index contributed by atoms with van der Waals surface area (Å²) in [5.74, 6) is 0.594. The van der Waals surface area contributed by atoms with Crippen LogP contribution in [-0.4, -0.2) is 10.3 Å². The number of nitrogens with zero attached hydrogens (tertiary/aromatic N) is 2. The Hall–Kier alpha value is -7.43. The molecular weight excluding hydrogens is 781 g/mol. The lowest BCUT2D eigenvalue weighted by atomic mass is 9.73. The summed E-state index contributed by atoms with van der Waals surface area (Å²) < 4.78 is 16.2. The molecule has 0 fully saturated rings. The summed E-state index contributed by atoms with van der Waals surface area (Å²) in [6.07, 6.45) is 2.99. The van der Waals surface area contributed by atoms with Gasteiger partial charge in [-0.2, -0.15) is 0 Å². The third kappa shape index (κ3) is 5.71. The fourth-order valence-electron chi connectivity index (χ4n) is 11.4. The van der Waals surface area contributed by atoms with Gasteiger partial charge in [0.05, 0.1) is 22.8 Å². The van der Waals surface area contributed by atoms with Gasteiger partial charge in [-0.15, -0.1) is 0 Å². The lowest BCUT2D eigenvalue weighted by molar-refractivity contribution is 0.362. The molecule has 3 aromatic heterocycles. The Balaban J connectivity index is 1.11. The molecule has 0 N–H and O–H groups in total. The number of rotatable bonds is 5. The first kappa shape index (κ1) is 37.2. The van der Waals surface area contributed by atoms with E-state index >= 15 is 0 Å². The molecule has 4 nitrogen and oxygen atoms in total. The zero-order valence-electron chi connectivity index (χ0n) is 36.0. The highest BCUT2D eigenvalue weighted by Gasteiger charge is 2.35. The standard InChI is InChI=1S/C60H46N2O2/c1-3-43-44(29-28-36(2)58(37-16-5-4-6-17-37)61-59(43)47-24-15-27-55-57(47)46-23-12-14-26-54(46)63-55)42-32-50-49-31-39-19-8-10-21-41(39)35-56(49)64-60(50)53(34-42)62-51-25-13-11-22-45(51)48-30-38-18-7-9-20-40(38)33-52(48)62/h4-27,30-36,43-44,58H,3,28-29H2,1-2H3/t36?,43-,44?,58?/m0/s1. The number of benzene rings is 9. The van der Waals surface area contributed by atoms with Crippen molar-refractivity contribution in [1.82, 2.24) is 4.57 Å². The van der Waals surface area contributed by atoms with E-state index in [1.165, 1.54) is 60.0 Å². The Kier molecular flexibility index (Phi) is 8.46. The normalized spacial score (nSPS) is 18.5. The molecule has 0 radical (unpaired) electrons. The first-order chi connectivity index (χ1) is 31.6. The van der Waals surface area contributed by atoms with Gasteiger partial charge in [0.1, 0.15) is 16.7 Å². The molecular formula is C60H46N2O2. The quantitative estimate of drug-likeness (QED) is 0.173. The largest absolute Gasteiger partial charge is 0.456 e. The number of aromatic nitrogens is 1. The third-order valence-electron chi connectivity index (χ3n) is 14.5. The summed E-state index contributed by atoms with van der Waals surface area (Å²) in [6.45, 7) is 4.77. The van der Waals surface area contributed by atoms with Crippen LogP contribution in [0.1, 0.15) is 61.8 Å². The second-order valence-electron chi connectivity index (χ2n) is 18.1. The molecule has 12 aromatic rings. The number of para-hydroxylation sites is 2. The van der Waals surface area contributed by atoms with Crippen molar-refractivity contribution in [3.05, 3.63) is 199 Å². The van der Waals surface area contributed by atoms with Gasteiger partial charge in [-0.05, 0) is 118 Å². The van der Waals surface area contributed by atoms with Crippen molar-refractivity contribution in [2.75, 3.05) is 0 Å². The molecule has 64 heavy (non-hydrogen) atoms. The molecule has 308 valence electrons. The Bertz CT molecular complexity index is 3830. The van der Waals surface area contributed by atoms with Gasteiger partial charge in [-0.25, -0.2) is 0 Å². The van der Waals surface area contributed by atoms with E-state index in [1.807, 2.05) is 0 Å². The first-order valence-electron chi connectivity index (χ1n) is 22.9. The van der Waals surface area contributed by atoms with Gasteiger partial charge in [0, 0.05) is 49.5 Å². The molecule has 0 bridgehead atoms. The summed E-state index contributed by atoms with van der Waals surface area (Å²) in [5.41, 5.74) is 12.0. The van der Waals surface area contributed by atoms with E-state index in [9.17, 15) is 0 Å². The van der Waals surface area contributed by atoms with Crippen molar-refractivity contribution >= 4 is 92.9 Å². The van der Waals surface area contributed by atoms with Crippen molar-refractivity contribution < 1.29 is 8.83 Å². The van der Waals surface area contributed by atoms with Crippen LogP contribution in [0.2, 0.25) is 0 Å². The molecule has 3 unspecified atom stereocenters. The average molecular weight is 827 g/mol. The molecule has 0 spiro atoms. The molecule has 4 atom stereocenters. The molecule has 1 aliphatic heterocycles. The predicted octanol–water partition coefficient (Wildman–Crippen LogP) is 16.7. The minimum atomic E-state index is 0.0242. The minimum Gasteiger partial charge on any atom is -0.456 e. The Morgan fingerprint density at radius 3 is 1.98 bits per heavy atom. The van der Waals surface area contributed by atoms with Crippen LogP contribution in [0.25, 0.3) is 92.9 Å². The zero-order chi connectivity index (χ0) is 42.5. The molecule has 0 amide bonds. The summed E-state index contributed by atoms with van der Waals surface area (Å²) in [7, 11) is 0. The van der Waals surface area contributed by atoms with Gasteiger partial charge < -0.3 is 13.4 Å². The summed E-state index contributed by atoms with van der Waals surface area (Å²) in [6, 6.07) is 66.5. The van der Waals surface area contributed by atoms with E-state index in [-0.39, 0.29) is 17.9 Å². The molecule has 9 aromatic carbocycles. The van der Waals surface area contributed by atoms with Gasteiger partial charge in [0.15, 0.2) is 5.58 Å². The predicted molar refractivity (Wildman–Crippen MR) is 267 cm³/mol. The van der Waals surface area contributed by atoms with Crippen molar-refractivity contribution in [3.63, 3.8) is 0 Å². The van der Waals surface area contributed by atoms with Crippen LogP contribution in [0.15, 0.2) is 196 Å². The molecule has 0 aliphatic carbocycles. The number of furan rings is 2. The third-order valence-corrected chi connectivity index (χ3v) is 14.5. The fraction of sp³-hybridized carbons (Fsp3) is 0.150. The van der Waals surface area contributed by atoms with Crippen molar-refractivity contribution in [1.29, 1.82) is 0 Å². The van der Waals surface area contributed by atoms with Crippen LogP contribution in [0.3, 0.4) is 0 Å². The molecule has 1 aliphatic rings. The van der Waals surface area contributed by atoms with E-state index in [1.54, 1.807) is 0 Å². The number of hydrogen-bond acceptors (Lipinski definition) is 3. The summed E-state index contributed by atoms with van der Waals surface area (Å²) >= 11 is 0. The maximum absolute atomic E-state index is 7.14. The zero-order valence-corrected chi connectivity index (χ0v) is 36.0. The highest BCUT2D eigenvalue weighted by atomic mass is 16.3. The van der Waals surface area contributed by atoms with Crippen LogP contribution in [0, 0.1) is 11.8 Å². The first-order valence-corrected chi connectivity index (χ1v) is 22.9. The van der Waals surface area contributed by atoms with Crippen molar-refractivity contribution in [3.8, 4) is 5.69 Å². The molecule has 4 heterocycles. The smallest absolute Gasteiger partial charge is 0.159 e. The van der Waals surface area contributed by atoms with Gasteiger partial charge in [0.25, 0.3) is 0 Å². The Morgan fingerprint density at radius 2 is 1.19 bits per heavy atom. The van der Waals surface area contributed by atoms with Crippen LogP contribution in [0.4, 0.5) is 0 Å². The van der Waals surface area contributed by atoms with E-state index in [0.717, 1.165) is 74.5 Å². The van der Waals surface area contributed by atoms with Crippen LogP contribution in [0.5, 0.6) is 0 Å². The molecule has 13 rings (SSSR count). The van der Waals surface area contributed by atoms with Crippen molar-refractivity contribution in [2.24, 2.45) is 16.8 Å².